The molecule has 5 rings (SSSR count). The fourth-order valence-corrected chi connectivity index (χ4v) is 6.66. The Labute approximate surface area is 211 Å². The number of carbonyl (C=O) groups is 1. The lowest BCUT2D eigenvalue weighted by Gasteiger charge is -2.25. The Balaban J connectivity index is 1.50. The number of amides is 1. The van der Waals surface area contributed by atoms with Gasteiger partial charge in [-0.15, -0.1) is 11.3 Å². The number of rotatable bonds is 7. The molecule has 1 saturated carbocycles. The van der Waals surface area contributed by atoms with Crippen molar-refractivity contribution in [2.24, 2.45) is 5.92 Å². The highest BCUT2D eigenvalue weighted by Crippen LogP contribution is 2.41. The second-order valence-electron chi connectivity index (χ2n) is 9.34. The third-order valence-electron chi connectivity index (χ3n) is 6.81. The maximum absolute atomic E-state index is 13.3. The number of carbonyl (C=O) groups excluding carboxylic acids is 1. The Kier molecular flexibility index (Phi) is 7.37. The lowest BCUT2D eigenvalue weighted by atomic mass is 9.81. The van der Waals surface area contributed by atoms with Crippen molar-refractivity contribution in [2.45, 2.75) is 56.0 Å². The highest BCUT2D eigenvalue weighted by molar-refractivity contribution is 7.97. The zero-order chi connectivity index (χ0) is 24.4. The van der Waals surface area contributed by atoms with E-state index >= 15 is 0 Å². The molecule has 2 heterocycles. The number of thiazole rings is 1. The molecule has 0 atom stereocenters. The van der Waals surface area contributed by atoms with E-state index in [9.17, 15) is 18.0 Å². The number of aromatic nitrogens is 1. The van der Waals surface area contributed by atoms with E-state index in [1.807, 2.05) is 41.3 Å². The molecular formula is C26H28F3N3OS2. The lowest BCUT2D eigenvalue weighted by Crippen LogP contribution is -2.35. The molecule has 0 unspecified atom stereocenters. The van der Waals surface area contributed by atoms with Gasteiger partial charge in [-0.05, 0) is 60.4 Å². The molecular weight excluding hydrogens is 491 g/mol. The van der Waals surface area contributed by atoms with Crippen molar-refractivity contribution in [3.8, 4) is 10.4 Å². The van der Waals surface area contributed by atoms with Crippen LogP contribution in [0, 0.1) is 5.92 Å². The number of fused-ring (bicyclic) bond motifs is 1. The molecule has 2 fully saturated rings. The number of alkyl halides is 3. The van der Waals surface area contributed by atoms with Crippen LogP contribution >= 0.6 is 23.3 Å². The van der Waals surface area contributed by atoms with Crippen LogP contribution in [-0.2, 0) is 6.42 Å². The van der Waals surface area contributed by atoms with Gasteiger partial charge < -0.3 is 4.90 Å². The van der Waals surface area contributed by atoms with Gasteiger partial charge in [0.15, 0.2) is 5.01 Å². The van der Waals surface area contributed by atoms with E-state index in [0.717, 1.165) is 82.5 Å². The Morgan fingerprint density at radius 2 is 1.80 bits per heavy atom. The molecule has 2 aliphatic rings. The van der Waals surface area contributed by atoms with Gasteiger partial charge in [-0.1, -0.05) is 49.6 Å². The van der Waals surface area contributed by atoms with Crippen molar-refractivity contribution in [1.82, 2.24) is 14.6 Å². The summed E-state index contributed by atoms with van der Waals surface area (Å²) in [5, 5.41) is 2.39. The van der Waals surface area contributed by atoms with Crippen molar-refractivity contribution >= 4 is 40.0 Å². The highest BCUT2D eigenvalue weighted by Gasteiger charge is 2.28. The Morgan fingerprint density at radius 1 is 1.06 bits per heavy atom. The Morgan fingerprint density at radius 3 is 2.49 bits per heavy atom. The molecule has 1 N–H and O–H groups in total. The van der Waals surface area contributed by atoms with E-state index in [2.05, 4.69) is 4.72 Å². The molecule has 0 spiro atoms. The van der Waals surface area contributed by atoms with Gasteiger partial charge in [0.05, 0.1) is 10.6 Å². The number of nitrogens with one attached hydrogen (secondary N) is 1. The molecule has 1 aliphatic carbocycles. The van der Waals surface area contributed by atoms with Gasteiger partial charge in [0.1, 0.15) is 6.54 Å². The van der Waals surface area contributed by atoms with E-state index in [4.69, 9.17) is 4.98 Å². The van der Waals surface area contributed by atoms with Gasteiger partial charge in [0.25, 0.3) is 5.91 Å². The molecule has 186 valence electrons. The van der Waals surface area contributed by atoms with Gasteiger partial charge >= 0.3 is 6.18 Å². The summed E-state index contributed by atoms with van der Waals surface area (Å²) in [5.41, 5.74) is 1.96. The van der Waals surface area contributed by atoms with E-state index < -0.39 is 12.7 Å². The molecule has 9 heteroatoms. The van der Waals surface area contributed by atoms with E-state index in [-0.39, 0.29) is 5.91 Å². The highest BCUT2D eigenvalue weighted by atomic mass is 32.2. The van der Waals surface area contributed by atoms with Crippen LogP contribution in [0.2, 0.25) is 0 Å². The molecule has 1 amide bonds. The summed E-state index contributed by atoms with van der Waals surface area (Å²) in [6, 6.07) is 11.6. The van der Waals surface area contributed by atoms with Crippen molar-refractivity contribution < 1.29 is 18.0 Å². The topological polar surface area (TPSA) is 45.2 Å². The van der Waals surface area contributed by atoms with Crippen molar-refractivity contribution in [3.63, 3.8) is 0 Å². The number of piperidine rings is 1. The van der Waals surface area contributed by atoms with Crippen molar-refractivity contribution in [3.05, 3.63) is 47.1 Å². The number of benzene rings is 2. The predicted molar refractivity (Wildman–Crippen MR) is 136 cm³/mol. The van der Waals surface area contributed by atoms with Gasteiger partial charge in [-0.3, -0.25) is 9.52 Å². The minimum absolute atomic E-state index is 0.0173. The molecule has 1 saturated heterocycles. The first-order valence-corrected chi connectivity index (χ1v) is 13.8. The third-order valence-corrected chi connectivity index (χ3v) is 8.80. The van der Waals surface area contributed by atoms with Crippen LogP contribution in [-0.4, -0.2) is 41.6 Å². The third kappa shape index (κ3) is 5.67. The van der Waals surface area contributed by atoms with Crippen LogP contribution in [0.5, 0.6) is 0 Å². The van der Waals surface area contributed by atoms with Crippen LogP contribution in [0.15, 0.2) is 41.3 Å². The maximum Gasteiger partial charge on any atom is 0.402 e. The van der Waals surface area contributed by atoms with E-state index in [1.54, 1.807) is 0 Å². The van der Waals surface area contributed by atoms with Crippen molar-refractivity contribution in [2.75, 3.05) is 19.6 Å². The first-order chi connectivity index (χ1) is 16.9. The number of halogens is 3. The minimum Gasteiger partial charge on any atom is -0.337 e. The largest absolute Gasteiger partial charge is 0.402 e. The molecule has 0 radical (unpaired) electrons. The SMILES string of the molecule is O=C(c1nc(CC2CCC2)c(-c2ccc(SNCC(F)(F)F)c3ccccc23)s1)N1CCCCC1. The summed E-state index contributed by atoms with van der Waals surface area (Å²) in [6.45, 7) is 0.507. The van der Waals surface area contributed by atoms with Crippen LogP contribution in [0.3, 0.4) is 0 Å². The zero-order valence-electron chi connectivity index (χ0n) is 19.4. The molecule has 1 aliphatic heterocycles. The van der Waals surface area contributed by atoms with Gasteiger partial charge in [0.2, 0.25) is 0 Å². The quantitative estimate of drug-likeness (QED) is 0.339. The van der Waals surface area contributed by atoms with Gasteiger partial charge in [-0.25, -0.2) is 4.98 Å². The van der Waals surface area contributed by atoms with Crippen LogP contribution in [0.1, 0.15) is 54.0 Å². The predicted octanol–water partition coefficient (Wildman–Crippen LogP) is 7.09. The molecule has 3 aromatic rings. The summed E-state index contributed by atoms with van der Waals surface area (Å²) in [7, 11) is 0. The standard InChI is InChI=1S/C26H28F3N3OS2/c27-26(28,29)16-30-35-22-12-11-20(18-9-2-3-10-19(18)22)23-21(15-17-7-6-8-17)31-24(34-23)25(33)32-13-4-1-5-14-32/h2-3,9-12,17,30H,1,4-8,13-16H2. The second kappa shape index (κ2) is 10.5. The van der Waals surface area contributed by atoms with Crippen molar-refractivity contribution in [1.29, 1.82) is 0 Å². The summed E-state index contributed by atoms with van der Waals surface area (Å²) >= 11 is 2.45. The van der Waals surface area contributed by atoms with E-state index in [1.165, 1.54) is 30.6 Å². The number of hydrogen-bond acceptors (Lipinski definition) is 5. The summed E-state index contributed by atoms with van der Waals surface area (Å²) in [6.07, 6.45) is 3.44. The molecule has 2 aromatic carbocycles. The number of nitrogens with zero attached hydrogens (tertiary/aromatic N) is 2. The maximum atomic E-state index is 13.3. The fraction of sp³-hybridized carbons (Fsp3) is 0.462. The molecule has 1 aromatic heterocycles. The monoisotopic (exact) mass is 519 g/mol. The summed E-state index contributed by atoms with van der Waals surface area (Å²) < 4.78 is 40.3. The average Bonchev–Trinajstić information content (AvgIpc) is 3.24. The molecule has 4 nitrogen and oxygen atoms in total. The molecule has 0 bridgehead atoms. The van der Waals surface area contributed by atoms with Gasteiger partial charge in [0, 0.05) is 23.5 Å². The minimum atomic E-state index is -4.26. The first-order valence-electron chi connectivity index (χ1n) is 12.2. The van der Waals surface area contributed by atoms with Crippen LogP contribution in [0.4, 0.5) is 13.2 Å². The smallest absolute Gasteiger partial charge is 0.337 e. The normalized spacial score (nSPS) is 17.1. The average molecular weight is 520 g/mol. The van der Waals surface area contributed by atoms with E-state index in [0.29, 0.717) is 10.9 Å². The number of hydrogen-bond donors (Lipinski definition) is 1. The van der Waals surface area contributed by atoms with Gasteiger partial charge in [-0.2, -0.15) is 13.2 Å². The fourth-order valence-electron chi connectivity index (χ4n) is 4.75. The number of likely N-dealkylation sites (tertiary alicyclic amines) is 1. The molecule has 35 heavy (non-hydrogen) atoms. The Bertz CT molecular complexity index is 1200. The zero-order valence-corrected chi connectivity index (χ0v) is 21.0. The first kappa shape index (κ1) is 24.6. The van der Waals surface area contributed by atoms with Crippen LogP contribution in [0.25, 0.3) is 21.2 Å². The lowest BCUT2D eigenvalue weighted by molar-refractivity contribution is -0.120. The second-order valence-corrected chi connectivity index (χ2v) is 11.3. The Hall–Kier alpha value is -2.10. The summed E-state index contributed by atoms with van der Waals surface area (Å²) in [4.78, 5) is 21.8. The van der Waals surface area contributed by atoms with Crippen LogP contribution < -0.4 is 4.72 Å². The summed E-state index contributed by atoms with van der Waals surface area (Å²) in [5.74, 6) is 0.616.